The molecule has 0 saturated carbocycles. The van der Waals surface area contributed by atoms with Crippen molar-refractivity contribution in [3.05, 3.63) is 42.0 Å². The topological polar surface area (TPSA) is 127 Å². The van der Waals surface area contributed by atoms with Crippen molar-refractivity contribution in [1.82, 2.24) is 4.31 Å². The lowest BCUT2D eigenvalue weighted by Crippen LogP contribution is -2.40. The molecule has 1 saturated heterocycles. The fraction of sp³-hybridized carbons (Fsp3) is 0.391. The molecule has 182 valence electrons. The molecule has 0 atom stereocenters. The van der Waals surface area contributed by atoms with E-state index < -0.39 is 10.0 Å². The molecule has 1 fully saturated rings. The summed E-state index contributed by atoms with van der Waals surface area (Å²) in [6.07, 6.45) is 0.584. The van der Waals surface area contributed by atoms with E-state index >= 15 is 0 Å². The van der Waals surface area contributed by atoms with E-state index in [2.05, 4.69) is 5.32 Å². The summed E-state index contributed by atoms with van der Waals surface area (Å²) in [5, 5.41) is 11.7. The molecule has 1 N–H and O–H groups in total. The first-order chi connectivity index (χ1) is 16.4. The number of nitrogens with zero attached hydrogens (tertiary/aromatic N) is 2. The Morgan fingerprint density at radius 2 is 1.79 bits per heavy atom. The number of carbonyl (C=O) groups is 1. The van der Waals surface area contributed by atoms with Gasteiger partial charge in [-0.25, -0.2) is 8.42 Å². The number of hydrogen-bond donors (Lipinski definition) is 1. The number of nitrogens with one attached hydrogen (secondary N) is 1. The molecule has 2 aromatic carbocycles. The van der Waals surface area contributed by atoms with Gasteiger partial charge in [0.15, 0.2) is 11.5 Å². The zero-order valence-electron chi connectivity index (χ0n) is 19.1. The summed E-state index contributed by atoms with van der Waals surface area (Å²) in [7, 11) is -0.918. The lowest BCUT2D eigenvalue weighted by atomic mass is 10.2. The molecule has 0 aliphatic carbocycles. The first-order valence-electron chi connectivity index (χ1n) is 10.7. The maximum Gasteiger partial charge on any atom is 0.246 e. The van der Waals surface area contributed by atoms with Gasteiger partial charge in [0.1, 0.15) is 10.6 Å². The van der Waals surface area contributed by atoms with Crippen LogP contribution in [-0.4, -0.2) is 65.8 Å². The average Bonchev–Trinajstić information content (AvgIpc) is 2.87. The highest BCUT2D eigenvalue weighted by Crippen LogP contribution is 2.30. The number of hydrogen-bond acceptors (Lipinski definition) is 8. The number of carbonyl (C=O) groups excluding carboxylic acids is 1. The number of ether oxygens (including phenoxy) is 4. The van der Waals surface area contributed by atoms with E-state index in [1.54, 1.807) is 24.3 Å². The molecule has 1 aliphatic rings. The van der Waals surface area contributed by atoms with E-state index in [-0.39, 0.29) is 42.7 Å². The van der Waals surface area contributed by atoms with E-state index in [1.807, 2.05) is 6.07 Å². The quantitative estimate of drug-likeness (QED) is 0.504. The van der Waals surface area contributed by atoms with Gasteiger partial charge in [-0.3, -0.25) is 4.79 Å². The minimum atomic E-state index is -3.80. The number of sulfonamides is 1. The molecule has 0 radical (unpaired) electrons. The average molecular weight is 490 g/mol. The van der Waals surface area contributed by atoms with E-state index in [0.717, 1.165) is 0 Å². The Labute approximate surface area is 199 Å². The molecule has 1 aliphatic heterocycles. The molecule has 1 amide bonds. The largest absolute Gasteiger partial charge is 0.495 e. The maximum absolute atomic E-state index is 13.1. The summed E-state index contributed by atoms with van der Waals surface area (Å²) < 4.78 is 48.9. The Morgan fingerprint density at radius 1 is 1.09 bits per heavy atom. The van der Waals surface area contributed by atoms with E-state index in [4.69, 9.17) is 24.2 Å². The van der Waals surface area contributed by atoms with Crippen LogP contribution in [0.5, 0.6) is 17.2 Å². The van der Waals surface area contributed by atoms with E-state index in [9.17, 15) is 13.2 Å². The Hall–Kier alpha value is -3.33. The summed E-state index contributed by atoms with van der Waals surface area (Å²) in [5.41, 5.74) is 0.811. The standard InChI is InChI=1S/C23H27N3O7S/c1-30-20-8-6-18(15-22(20)34(28,29)26-9-12-32-13-10-26)25-23(27)4-3-11-33-19-7-5-17(16-24)14-21(19)31-2/h5-8,14-15H,3-4,9-13H2,1-2H3,(H,25,27). The SMILES string of the molecule is COc1cc(C#N)ccc1OCCCC(=O)Nc1ccc(OC)c(S(=O)(=O)N2CCOCC2)c1. The highest BCUT2D eigenvalue weighted by Gasteiger charge is 2.29. The predicted molar refractivity (Wildman–Crippen MR) is 124 cm³/mol. The van der Waals surface area contributed by atoms with Crippen LogP contribution in [0.1, 0.15) is 18.4 Å². The van der Waals surface area contributed by atoms with Gasteiger partial charge in [0.05, 0.1) is 45.7 Å². The number of rotatable bonds is 10. The smallest absolute Gasteiger partial charge is 0.246 e. The molecule has 10 nitrogen and oxygen atoms in total. The third-order valence-corrected chi connectivity index (χ3v) is 7.05. The van der Waals surface area contributed by atoms with Gasteiger partial charge in [-0.15, -0.1) is 0 Å². The molecule has 0 bridgehead atoms. The number of methoxy groups -OCH3 is 2. The number of benzene rings is 2. The molecule has 1 heterocycles. The van der Waals surface area contributed by atoms with Crippen LogP contribution in [0.4, 0.5) is 5.69 Å². The lowest BCUT2D eigenvalue weighted by Gasteiger charge is -2.26. The number of anilines is 1. The molecule has 34 heavy (non-hydrogen) atoms. The molecule has 3 rings (SSSR count). The van der Waals surface area contributed by atoms with Gasteiger partial charge in [0.25, 0.3) is 0 Å². The third-order valence-electron chi connectivity index (χ3n) is 5.13. The monoisotopic (exact) mass is 489 g/mol. The van der Waals surface area contributed by atoms with Crippen molar-refractivity contribution in [2.75, 3.05) is 52.4 Å². The maximum atomic E-state index is 13.1. The van der Waals surface area contributed by atoms with Gasteiger partial charge >= 0.3 is 0 Å². The van der Waals surface area contributed by atoms with Gasteiger partial charge in [-0.1, -0.05) is 0 Å². The van der Waals surface area contributed by atoms with Crippen molar-refractivity contribution in [3.8, 4) is 23.3 Å². The summed E-state index contributed by atoms with van der Waals surface area (Å²) >= 11 is 0. The van der Waals surface area contributed by atoms with Crippen molar-refractivity contribution in [2.24, 2.45) is 0 Å². The number of amides is 1. The zero-order chi connectivity index (χ0) is 24.6. The first-order valence-corrected chi connectivity index (χ1v) is 12.1. The predicted octanol–water partition coefficient (Wildman–Crippen LogP) is 2.39. The Kier molecular flexibility index (Phi) is 8.70. The van der Waals surface area contributed by atoms with E-state index in [1.165, 1.54) is 30.7 Å². The molecular formula is C23H27N3O7S. The molecule has 0 aromatic heterocycles. The molecular weight excluding hydrogens is 462 g/mol. The van der Waals surface area contributed by atoms with Crippen LogP contribution < -0.4 is 19.5 Å². The minimum absolute atomic E-state index is 0.00838. The van der Waals surface area contributed by atoms with Crippen molar-refractivity contribution < 1.29 is 32.2 Å². The van der Waals surface area contributed by atoms with Gasteiger partial charge in [-0.2, -0.15) is 9.57 Å². The normalized spacial score (nSPS) is 14.1. The van der Waals surface area contributed by atoms with Crippen LogP contribution in [0, 0.1) is 11.3 Å². The summed E-state index contributed by atoms with van der Waals surface area (Å²) in [5.74, 6) is 0.843. The first kappa shape index (κ1) is 25.3. The minimum Gasteiger partial charge on any atom is -0.495 e. The highest BCUT2D eigenvalue weighted by molar-refractivity contribution is 7.89. The third kappa shape index (κ3) is 6.17. The Morgan fingerprint density at radius 3 is 2.47 bits per heavy atom. The van der Waals surface area contributed by atoms with Crippen LogP contribution >= 0.6 is 0 Å². The van der Waals surface area contributed by atoms with Gasteiger partial charge < -0.3 is 24.3 Å². The lowest BCUT2D eigenvalue weighted by molar-refractivity contribution is -0.116. The van der Waals surface area contributed by atoms with Crippen LogP contribution in [0.2, 0.25) is 0 Å². The summed E-state index contributed by atoms with van der Waals surface area (Å²) in [6.45, 7) is 1.43. The van der Waals surface area contributed by atoms with Crippen LogP contribution in [-0.2, 0) is 19.6 Å². The van der Waals surface area contributed by atoms with Crippen LogP contribution in [0.25, 0.3) is 0 Å². The fourth-order valence-electron chi connectivity index (χ4n) is 3.38. The van der Waals surface area contributed by atoms with Gasteiger partial charge in [-0.05, 0) is 36.8 Å². The van der Waals surface area contributed by atoms with Crippen molar-refractivity contribution in [2.45, 2.75) is 17.7 Å². The second kappa shape index (κ2) is 11.7. The Balaban J connectivity index is 1.59. The summed E-state index contributed by atoms with van der Waals surface area (Å²) in [6, 6.07) is 11.4. The summed E-state index contributed by atoms with van der Waals surface area (Å²) in [4.78, 5) is 12.4. The molecule has 2 aromatic rings. The number of morpholine rings is 1. The van der Waals surface area contributed by atoms with E-state index in [0.29, 0.717) is 42.4 Å². The zero-order valence-corrected chi connectivity index (χ0v) is 19.9. The molecule has 0 unspecified atom stereocenters. The highest BCUT2D eigenvalue weighted by atomic mass is 32.2. The van der Waals surface area contributed by atoms with Crippen molar-refractivity contribution in [1.29, 1.82) is 5.26 Å². The second-order valence-electron chi connectivity index (χ2n) is 7.36. The van der Waals surface area contributed by atoms with Gasteiger partial charge in [0, 0.05) is 31.3 Å². The van der Waals surface area contributed by atoms with Crippen molar-refractivity contribution in [3.63, 3.8) is 0 Å². The van der Waals surface area contributed by atoms with Crippen molar-refractivity contribution >= 4 is 21.6 Å². The molecule has 0 spiro atoms. The van der Waals surface area contributed by atoms with Crippen LogP contribution in [0.3, 0.4) is 0 Å². The Bertz CT molecular complexity index is 1160. The number of nitriles is 1. The molecule has 11 heteroatoms. The second-order valence-corrected chi connectivity index (χ2v) is 9.27. The van der Waals surface area contributed by atoms with Crippen LogP contribution in [0.15, 0.2) is 41.3 Å². The fourth-order valence-corrected chi connectivity index (χ4v) is 4.97. The van der Waals surface area contributed by atoms with Gasteiger partial charge in [0.2, 0.25) is 15.9 Å².